The summed E-state index contributed by atoms with van der Waals surface area (Å²) in [5.41, 5.74) is 3.45. The molecular formula is C27H27Cl2N7O. The fraction of sp³-hybridized carbons (Fsp3) is 0.333. The van der Waals surface area contributed by atoms with Crippen molar-refractivity contribution in [1.82, 2.24) is 30.0 Å². The quantitative estimate of drug-likeness (QED) is 0.399. The monoisotopic (exact) mass is 535 g/mol. The van der Waals surface area contributed by atoms with Gasteiger partial charge in [-0.2, -0.15) is 5.10 Å². The number of nitrogens with one attached hydrogen (secondary N) is 1. The molecule has 2 aliphatic rings. The van der Waals surface area contributed by atoms with Gasteiger partial charge >= 0.3 is 0 Å². The van der Waals surface area contributed by atoms with Gasteiger partial charge in [-0.1, -0.05) is 47.5 Å². The van der Waals surface area contributed by atoms with Gasteiger partial charge in [0.15, 0.2) is 11.3 Å². The van der Waals surface area contributed by atoms with E-state index in [0.29, 0.717) is 35.3 Å². The van der Waals surface area contributed by atoms with Crippen molar-refractivity contribution in [3.63, 3.8) is 0 Å². The summed E-state index contributed by atoms with van der Waals surface area (Å²) in [5, 5.41) is 9.30. The first-order valence-electron chi connectivity index (χ1n) is 12.4. The number of para-hydroxylation sites is 1. The van der Waals surface area contributed by atoms with Gasteiger partial charge in [0.05, 0.1) is 17.4 Å². The van der Waals surface area contributed by atoms with Crippen molar-refractivity contribution in [2.75, 3.05) is 24.7 Å². The minimum atomic E-state index is -0.470. The molecule has 1 spiro atoms. The Morgan fingerprint density at radius 3 is 2.41 bits per heavy atom. The molecule has 0 bridgehead atoms. The predicted molar refractivity (Wildman–Crippen MR) is 146 cm³/mol. The molecule has 1 amide bonds. The van der Waals surface area contributed by atoms with Crippen LogP contribution in [0.15, 0.2) is 54.9 Å². The van der Waals surface area contributed by atoms with Crippen LogP contribution in [-0.4, -0.2) is 61.9 Å². The molecule has 4 heterocycles. The molecule has 1 N–H and O–H groups in total. The Morgan fingerprint density at radius 1 is 0.973 bits per heavy atom. The highest BCUT2D eigenvalue weighted by molar-refractivity contribution is 6.32. The average Bonchev–Trinajstić information content (AvgIpc) is 3.43. The number of amides is 1. The first-order valence-corrected chi connectivity index (χ1v) is 13.2. The topological polar surface area (TPSA) is 79.2 Å². The lowest BCUT2D eigenvalue weighted by Crippen LogP contribution is -2.58. The van der Waals surface area contributed by atoms with Crippen molar-refractivity contribution >= 4 is 46.0 Å². The highest BCUT2D eigenvalue weighted by Gasteiger charge is 2.51. The second-order valence-electron chi connectivity index (χ2n) is 9.86. The second-order valence-corrected chi connectivity index (χ2v) is 10.7. The summed E-state index contributed by atoms with van der Waals surface area (Å²) in [4.78, 5) is 26.7. The van der Waals surface area contributed by atoms with Crippen molar-refractivity contribution in [2.24, 2.45) is 0 Å². The summed E-state index contributed by atoms with van der Waals surface area (Å²) in [5.74, 6) is 0.886. The number of benzene rings is 2. The van der Waals surface area contributed by atoms with Crippen LogP contribution in [0.25, 0.3) is 28.0 Å². The van der Waals surface area contributed by atoms with Gasteiger partial charge in [0.2, 0.25) is 5.91 Å². The Kier molecular flexibility index (Phi) is 6.06. The van der Waals surface area contributed by atoms with Crippen LogP contribution in [0, 0.1) is 0 Å². The highest BCUT2D eigenvalue weighted by Crippen LogP contribution is 2.39. The summed E-state index contributed by atoms with van der Waals surface area (Å²) >= 11 is 12.8. The lowest BCUT2D eigenvalue weighted by molar-refractivity contribution is -0.128. The molecule has 0 saturated carbocycles. The number of hydrogen-bond acceptors (Lipinski definition) is 6. The van der Waals surface area contributed by atoms with Crippen LogP contribution in [0.5, 0.6) is 0 Å². The Bertz CT molecular complexity index is 1480. The minimum Gasteiger partial charge on any atom is -0.354 e. The van der Waals surface area contributed by atoms with Crippen LogP contribution < -0.4 is 10.2 Å². The number of anilines is 1. The lowest BCUT2D eigenvalue weighted by atomic mass is 9.85. The summed E-state index contributed by atoms with van der Waals surface area (Å²) in [7, 11) is 0. The van der Waals surface area contributed by atoms with Crippen molar-refractivity contribution in [1.29, 1.82) is 0 Å². The molecule has 2 aromatic carbocycles. The molecule has 0 aliphatic carbocycles. The molecule has 2 saturated heterocycles. The first-order chi connectivity index (χ1) is 17.9. The second kappa shape index (κ2) is 9.28. The van der Waals surface area contributed by atoms with E-state index in [1.165, 1.54) is 0 Å². The van der Waals surface area contributed by atoms with E-state index in [0.717, 1.165) is 41.1 Å². The molecule has 8 nitrogen and oxygen atoms in total. The van der Waals surface area contributed by atoms with E-state index in [9.17, 15) is 4.79 Å². The summed E-state index contributed by atoms with van der Waals surface area (Å²) < 4.78 is 1.84. The zero-order valence-electron chi connectivity index (χ0n) is 20.7. The third kappa shape index (κ3) is 3.95. The van der Waals surface area contributed by atoms with Crippen molar-refractivity contribution in [2.45, 2.75) is 38.3 Å². The number of carbonyl (C=O) groups is 1. The van der Waals surface area contributed by atoms with Gasteiger partial charge in [-0.25, -0.2) is 14.6 Å². The summed E-state index contributed by atoms with van der Waals surface area (Å²) in [6, 6.07) is 15.5. The molecule has 2 fully saturated rings. The molecule has 0 unspecified atom stereocenters. The zero-order chi connectivity index (χ0) is 25.7. The molecule has 4 aromatic rings. The normalized spacial score (nSPS) is 17.8. The average molecular weight is 536 g/mol. The van der Waals surface area contributed by atoms with E-state index >= 15 is 0 Å². The van der Waals surface area contributed by atoms with Gasteiger partial charge in [-0.3, -0.25) is 9.69 Å². The van der Waals surface area contributed by atoms with Crippen molar-refractivity contribution in [3.05, 3.63) is 64.9 Å². The van der Waals surface area contributed by atoms with Gasteiger partial charge in [0.1, 0.15) is 23.1 Å². The van der Waals surface area contributed by atoms with Crippen LogP contribution in [-0.2, 0) is 4.79 Å². The molecular weight excluding hydrogens is 509 g/mol. The van der Waals surface area contributed by atoms with Crippen LogP contribution >= 0.6 is 23.2 Å². The van der Waals surface area contributed by atoms with Crippen LogP contribution in [0.2, 0.25) is 10.0 Å². The van der Waals surface area contributed by atoms with E-state index in [1.54, 1.807) is 6.33 Å². The number of piperidine rings is 1. The number of fused-ring (bicyclic) bond motifs is 1. The molecule has 0 radical (unpaired) electrons. The lowest BCUT2D eigenvalue weighted by Gasteiger charge is -2.44. The van der Waals surface area contributed by atoms with Gasteiger partial charge in [0.25, 0.3) is 0 Å². The first kappa shape index (κ1) is 24.2. The maximum Gasteiger partial charge on any atom is 0.241 e. The molecule has 2 aliphatic heterocycles. The fourth-order valence-corrected chi connectivity index (χ4v) is 6.01. The highest BCUT2D eigenvalue weighted by atomic mass is 35.5. The number of rotatable bonds is 4. The van der Waals surface area contributed by atoms with Crippen LogP contribution in [0.4, 0.5) is 5.82 Å². The Morgan fingerprint density at radius 2 is 1.70 bits per heavy atom. The number of aromatic nitrogens is 4. The Hall–Kier alpha value is -3.20. The third-order valence-electron chi connectivity index (χ3n) is 7.53. The maximum atomic E-state index is 12.9. The van der Waals surface area contributed by atoms with Gasteiger partial charge in [-0.15, -0.1) is 0 Å². The van der Waals surface area contributed by atoms with Gasteiger partial charge < -0.3 is 10.2 Å². The van der Waals surface area contributed by atoms with E-state index in [-0.39, 0.29) is 11.9 Å². The van der Waals surface area contributed by atoms with E-state index < -0.39 is 5.54 Å². The number of nitrogens with zero attached hydrogens (tertiary/aromatic N) is 6. The Labute approximate surface area is 225 Å². The summed E-state index contributed by atoms with van der Waals surface area (Å²) in [6.07, 6.45) is 3.03. The molecule has 37 heavy (non-hydrogen) atoms. The SMILES string of the molecule is CC(C)N1CNC(=O)C12CCN(c1ncnc3c(-c4ccc(Cl)cc4)n(-c4ccccc4Cl)nc13)CC2. The number of carbonyl (C=O) groups excluding carboxylic acids is 1. The fourth-order valence-electron chi connectivity index (χ4n) is 5.66. The maximum absolute atomic E-state index is 12.9. The van der Waals surface area contributed by atoms with Gasteiger partial charge in [0, 0.05) is 29.7 Å². The third-order valence-corrected chi connectivity index (χ3v) is 8.10. The largest absolute Gasteiger partial charge is 0.354 e. The Balaban J connectivity index is 1.44. The standard InChI is InChI=1S/C27H27Cl2N7O/c1-17(2)35-16-32-26(37)27(35)11-13-34(14-12-27)25-23-22(30-15-31-25)24(18-7-9-19(28)10-8-18)36(33-23)21-6-4-3-5-20(21)29/h3-10,15,17H,11-14,16H2,1-2H3,(H,32,37). The minimum absolute atomic E-state index is 0.127. The number of halogens is 2. The number of hydrogen-bond donors (Lipinski definition) is 1. The molecule has 2 aromatic heterocycles. The zero-order valence-corrected chi connectivity index (χ0v) is 22.2. The predicted octanol–water partition coefficient (Wildman–Crippen LogP) is 4.93. The molecule has 10 heteroatoms. The molecule has 0 atom stereocenters. The van der Waals surface area contributed by atoms with E-state index in [1.807, 2.05) is 53.2 Å². The van der Waals surface area contributed by atoms with Crippen LogP contribution in [0.3, 0.4) is 0 Å². The van der Waals surface area contributed by atoms with E-state index in [4.69, 9.17) is 28.3 Å². The van der Waals surface area contributed by atoms with Crippen molar-refractivity contribution in [3.8, 4) is 16.9 Å². The van der Waals surface area contributed by atoms with Crippen molar-refractivity contribution < 1.29 is 4.79 Å². The van der Waals surface area contributed by atoms with E-state index in [2.05, 4.69) is 38.9 Å². The molecule has 6 rings (SSSR count). The van der Waals surface area contributed by atoms with Crippen LogP contribution in [0.1, 0.15) is 26.7 Å². The molecule has 190 valence electrons. The van der Waals surface area contributed by atoms with Gasteiger partial charge in [-0.05, 0) is 51.0 Å². The smallest absolute Gasteiger partial charge is 0.241 e. The summed E-state index contributed by atoms with van der Waals surface area (Å²) in [6.45, 7) is 6.26.